The topological polar surface area (TPSA) is 21.3 Å². The van der Waals surface area contributed by atoms with E-state index in [0.29, 0.717) is 22.0 Å². The second-order valence-corrected chi connectivity index (χ2v) is 23.1. The van der Waals surface area contributed by atoms with Gasteiger partial charge in [-0.3, -0.25) is 0 Å². The Bertz CT molecular complexity index is 4140. The third kappa shape index (κ3) is 5.11. The van der Waals surface area contributed by atoms with Crippen LogP contribution in [-0.2, 0) is 11.6 Å². The Morgan fingerprint density at radius 2 is 1.10 bits per heavy atom. The number of nitrogens with zero attached hydrogens (tertiary/aromatic N) is 2. The molecule has 0 N–H and O–H groups in total. The van der Waals surface area contributed by atoms with Crippen LogP contribution in [0.25, 0.3) is 82.1 Å². The van der Waals surface area contributed by atoms with Crippen LogP contribution < -0.4 is 4.90 Å². The molecule has 10 aromatic carbocycles. The van der Waals surface area contributed by atoms with Crippen LogP contribution in [0.5, 0.6) is 0 Å². The predicted octanol–water partition coefficient (Wildman–Crippen LogP) is 17.2. The third-order valence-corrected chi connectivity index (χ3v) is 16.4. The van der Waals surface area contributed by atoms with Gasteiger partial charge in [0.1, 0.15) is 5.58 Å². The van der Waals surface area contributed by atoms with Crippen molar-refractivity contribution in [3.63, 3.8) is 0 Å². The fourth-order valence-corrected chi connectivity index (χ4v) is 13.0. The van der Waals surface area contributed by atoms with Gasteiger partial charge in [-0.05, 0) is 128 Å². The number of fused-ring (bicyclic) bond motifs is 19. The van der Waals surface area contributed by atoms with Crippen molar-refractivity contribution in [1.82, 2.24) is 4.57 Å². The van der Waals surface area contributed by atoms with Crippen LogP contribution >= 0.6 is 10.0 Å². The maximum Gasteiger partial charge on any atom is 0.420 e. The number of hydrogen-bond donors (Lipinski definition) is 0. The van der Waals surface area contributed by atoms with E-state index in [4.69, 9.17) is 4.42 Å². The van der Waals surface area contributed by atoms with Crippen molar-refractivity contribution in [1.29, 1.82) is 0 Å². The molecule has 0 amide bonds. The van der Waals surface area contributed by atoms with Gasteiger partial charge in [0.25, 0.3) is 0 Å². The molecule has 328 valence electrons. The summed E-state index contributed by atoms with van der Waals surface area (Å²) in [6, 6.07) is 67.6. The molecule has 1 unspecified atom stereocenters. The number of anilines is 3. The smallest absolute Gasteiger partial charge is 0.420 e. The lowest BCUT2D eigenvalue weighted by atomic mass is 9.65. The van der Waals surface area contributed by atoms with Crippen LogP contribution in [0.2, 0.25) is 0 Å². The molecule has 1 spiro atoms. The molecule has 0 radical (unpaired) electrons. The number of aromatic nitrogens is 1. The molecule has 0 fully saturated rings. The molecule has 0 saturated heterocycles. The number of alkyl halides is 3. The first-order chi connectivity index (χ1) is 33.0. The summed E-state index contributed by atoms with van der Waals surface area (Å²) >= 11 is 0. The monoisotopic (exact) mass is 906 g/mol. The normalized spacial score (nSPS) is 15.5. The van der Waals surface area contributed by atoms with Gasteiger partial charge >= 0.3 is 6.18 Å². The minimum atomic E-state index is -4.60. The molecule has 68 heavy (non-hydrogen) atoms. The molecule has 1 atom stereocenters. The Kier molecular flexibility index (Phi) is 7.93. The lowest BCUT2D eigenvalue weighted by molar-refractivity contribution is -0.136. The zero-order valence-corrected chi connectivity index (χ0v) is 38.1. The second kappa shape index (κ2) is 13.7. The Labute approximate surface area is 391 Å². The SMILES string of the molecule is CS(C)(C)c1ccc(N(c2cc3c(c4ccccc24)-c2c(ccc4ccccc24)C32c3ccccc3-n3c4ccccc4c4cccc2c43)c2cccc3c2oc2c(C(F)(F)F)cccc23)cc1. The molecular formula is C61H41F3N2OS. The lowest BCUT2D eigenvalue weighted by Crippen LogP contribution is -2.33. The van der Waals surface area contributed by atoms with Crippen LogP contribution in [0.1, 0.15) is 27.8 Å². The summed E-state index contributed by atoms with van der Waals surface area (Å²) in [4.78, 5) is 3.48. The molecule has 3 heterocycles. The zero-order valence-electron chi connectivity index (χ0n) is 37.3. The fourth-order valence-electron chi connectivity index (χ4n) is 12.0. The first-order valence-corrected chi connectivity index (χ1v) is 25.7. The van der Waals surface area contributed by atoms with Crippen molar-refractivity contribution in [2.24, 2.45) is 0 Å². The highest BCUT2D eigenvalue weighted by molar-refractivity contribution is 8.32. The fraction of sp³-hybridized carbons (Fsp3) is 0.0820. The molecule has 1 aliphatic heterocycles. The van der Waals surface area contributed by atoms with Crippen molar-refractivity contribution < 1.29 is 17.6 Å². The number of para-hydroxylation sites is 5. The van der Waals surface area contributed by atoms with Gasteiger partial charge in [0.15, 0.2) is 5.58 Å². The summed E-state index contributed by atoms with van der Waals surface area (Å²) in [5.74, 6) is 0. The number of halogens is 3. The Morgan fingerprint density at radius 3 is 1.90 bits per heavy atom. The summed E-state index contributed by atoms with van der Waals surface area (Å²) in [5, 5.41) is 7.87. The van der Waals surface area contributed by atoms with Gasteiger partial charge in [0.2, 0.25) is 0 Å². The van der Waals surface area contributed by atoms with Gasteiger partial charge < -0.3 is 13.9 Å². The maximum atomic E-state index is 14.7. The van der Waals surface area contributed by atoms with Gasteiger partial charge in [0, 0.05) is 32.6 Å². The molecule has 14 rings (SSSR count). The van der Waals surface area contributed by atoms with E-state index in [-0.39, 0.29) is 5.58 Å². The summed E-state index contributed by atoms with van der Waals surface area (Å²) in [7, 11) is -1.08. The second-order valence-electron chi connectivity index (χ2n) is 19.0. The van der Waals surface area contributed by atoms with E-state index in [1.807, 2.05) is 18.2 Å². The van der Waals surface area contributed by atoms with E-state index in [1.165, 1.54) is 60.5 Å². The largest absolute Gasteiger partial charge is 0.453 e. The van der Waals surface area contributed by atoms with Crippen LogP contribution in [0, 0.1) is 0 Å². The zero-order chi connectivity index (χ0) is 45.8. The Hall–Kier alpha value is -7.74. The first kappa shape index (κ1) is 39.4. The van der Waals surface area contributed by atoms with Gasteiger partial charge in [-0.15, -0.1) is 0 Å². The molecule has 7 heteroatoms. The van der Waals surface area contributed by atoms with Crippen LogP contribution in [-0.4, -0.2) is 23.3 Å². The lowest BCUT2D eigenvalue weighted by Gasteiger charge is -2.40. The third-order valence-electron chi connectivity index (χ3n) is 14.8. The number of rotatable bonds is 4. The summed E-state index contributed by atoms with van der Waals surface area (Å²) in [6.45, 7) is 0. The van der Waals surface area contributed by atoms with E-state index >= 15 is 0 Å². The van der Waals surface area contributed by atoms with Crippen LogP contribution in [0.15, 0.2) is 203 Å². The van der Waals surface area contributed by atoms with Crippen molar-refractivity contribution in [2.45, 2.75) is 16.5 Å². The molecule has 1 aliphatic carbocycles. The molecule has 2 aliphatic rings. The Morgan fingerprint density at radius 1 is 0.485 bits per heavy atom. The van der Waals surface area contributed by atoms with Gasteiger partial charge in [-0.2, -0.15) is 13.2 Å². The highest BCUT2D eigenvalue weighted by Gasteiger charge is 2.52. The van der Waals surface area contributed by atoms with E-state index in [2.05, 4.69) is 186 Å². The highest BCUT2D eigenvalue weighted by atomic mass is 32.3. The van der Waals surface area contributed by atoms with Crippen LogP contribution in [0.3, 0.4) is 0 Å². The summed E-state index contributed by atoms with van der Waals surface area (Å²) < 4.78 is 53.2. The van der Waals surface area contributed by atoms with Crippen molar-refractivity contribution in [2.75, 3.05) is 23.7 Å². The summed E-state index contributed by atoms with van der Waals surface area (Å²) in [6.07, 6.45) is 2.24. The molecule has 12 aromatic rings. The average molecular weight is 907 g/mol. The summed E-state index contributed by atoms with van der Waals surface area (Å²) in [5.41, 5.74) is 11.6. The van der Waals surface area contributed by atoms with Crippen LogP contribution in [0.4, 0.5) is 30.2 Å². The maximum absolute atomic E-state index is 14.7. The van der Waals surface area contributed by atoms with Crippen molar-refractivity contribution in [3.8, 4) is 16.8 Å². The van der Waals surface area contributed by atoms with Gasteiger partial charge in [-0.1, -0.05) is 140 Å². The molecule has 2 aromatic heterocycles. The average Bonchev–Trinajstić information content (AvgIpc) is 4.01. The standard InChI is InChI=1S/C61H41F3N2OS/c1-68(2,3)38-32-30-37(31-33-38)65(53-28-14-22-45-44-21-13-25-49(61(62,63)64)58(44)67-59(45)53)54-35-50-56(42-19-7-6-17-40(42)54)55-39-16-5-4-15-36(39)29-34-47(55)60(50)46-23-9-11-27-52(46)66-51-26-10-8-18-41(51)43-20-12-24-48(60)57(43)66/h4-35H,1-3H3. The van der Waals surface area contributed by atoms with E-state index in [1.54, 1.807) is 6.07 Å². The van der Waals surface area contributed by atoms with Crippen molar-refractivity contribution in [3.05, 3.63) is 222 Å². The number of hydrogen-bond acceptors (Lipinski definition) is 2. The number of furan rings is 1. The highest BCUT2D eigenvalue weighted by Crippen LogP contribution is 2.65. The minimum absolute atomic E-state index is 0.170. The molecular weight excluding hydrogens is 866 g/mol. The van der Waals surface area contributed by atoms with Gasteiger partial charge in [-0.25, -0.2) is 10.0 Å². The quantitative estimate of drug-likeness (QED) is 0.175. The van der Waals surface area contributed by atoms with E-state index in [0.717, 1.165) is 50.4 Å². The minimum Gasteiger partial charge on any atom is -0.453 e. The van der Waals surface area contributed by atoms with Gasteiger partial charge in [0.05, 0.1) is 39.1 Å². The molecule has 0 bridgehead atoms. The number of benzene rings is 10. The van der Waals surface area contributed by atoms with E-state index < -0.39 is 27.2 Å². The van der Waals surface area contributed by atoms with Crippen molar-refractivity contribution >= 4 is 92.4 Å². The Balaban J connectivity index is 1.17. The first-order valence-electron chi connectivity index (χ1n) is 22.8. The predicted molar refractivity (Wildman–Crippen MR) is 277 cm³/mol. The molecule has 3 nitrogen and oxygen atoms in total. The van der Waals surface area contributed by atoms with E-state index in [9.17, 15) is 13.2 Å². The molecule has 0 saturated carbocycles.